The number of rotatable bonds is 2. The van der Waals surface area contributed by atoms with Gasteiger partial charge in [-0.3, -0.25) is 0 Å². The smallest absolute Gasteiger partial charge is 0.0673 e. The predicted octanol–water partition coefficient (Wildman–Crippen LogP) is 2.34. The van der Waals surface area contributed by atoms with Gasteiger partial charge in [0.2, 0.25) is 0 Å². The van der Waals surface area contributed by atoms with Crippen molar-refractivity contribution in [2.75, 3.05) is 0 Å². The first-order valence-corrected chi connectivity index (χ1v) is 4.41. The van der Waals surface area contributed by atoms with Crippen molar-refractivity contribution in [3.8, 4) is 0 Å². The van der Waals surface area contributed by atoms with E-state index in [1.54, 1.807) is 0 Å². The Morgan fingerprint density at radius 2 is 2.30 bits per heavy atom. The molecule has 0 unspecified atom stereocenters. The molecule has 0 aromatic carbocycles. The molecule has 1 saturated carbocycles. The molecule has 1 rings (SSSR count). The van der Waals surface area contributed by atoms with E-state index in [1.807, 2.05) is 0 Å². The fraction of sp³-hybridized carbons (Fsp3) is 1.00. The second-order valence-corrected chi connectivity index (χ2v) is 3.65. The number of hydrogen-bond donors (Lipinski definition) is 1. The lowest BCUT2D eigenvalue weighted by Crippen LogP contribution is -2.30. The maximum atomic E-state index is 9.96. The van der Waals surface area contributed by atoms with Crippen molar-refractivity contribution in [2.45, 2.75) is 51.6 Å². The van der Waals surface area contributed by atoms with Crippen molar-refractivity contribution >= 4 is 0 Å². The van der Waals surface area contributed by atoms with Gasteiger partial charge in [-0.2, -0.15) is 0 Å². The van der Waals surface area contributed by atoms with Crippen LogP contribution in [0.4, 0.5) is 0 Å². The van der Waals surface area contributed by atoms with Crippen LogP contribution in [0.3, 0.4) is 0 Å². The normalized spacial score (nSPS) is 40.5. The lowest BCUT2D eigenvalue weighted by molar-refractivity contribution is 0.000419. The topological polar surface area (TPSA) is 20.2 Å². The van der Waals surface area contributed by atoms with Crippen molar-refractivity contribution in [1.82, 2.24) is 0 Å². The van der Waals surface area contributed by atoms with Crippen molar-refractivity contribution in [1.29, 1.82) is 0 Å². The summed E-state index contributed by atoms with van der Waals surface area (Å²) in [6, 6.07) is 0. The molecule has 1 N–H and O–H groups in total. The Kier molecular flexibility index (Phi) is 2.35. The Labute approximate surface area is 63.4 Å². The van der Waals surface area contributed by atoms with Gasteiger partial charge in [0.25, 0.3) is 0 Å². The van der Waals surface area contributed by atoms with Gasteiger partial charge in [0.1, 0.15) is 0 Å². The molecule has 1 nitrogen and oxygen atoms in total. The minimum absolute atomic E-state index is 0.297. The maximum absolute atomic E-state index is 9.96. The molecule has 0 spiro atoms. The minimum atomic E-state index is -0.297. The standard InChI is InChI=1S/C9H18O/c1-3-6-9(10)7-4-5-8(9)2/h8,10H,3-7H2,1-2H3/t8-,9-/m1/s1. The van der Waals surface area contributed by atoms with E-state index in [2.05, 4.69) is 13.8 Å². The van der Waals surface area contributed by atoms with E-state index < -0.39 is 0 Å². The van der Waals surface area contributed by atoms with Crippen LogP contribution in [0.1, 0.15) is 46.0 Å². The van der Waals surface area contributed by atoms with E-state index in [4.69, 9.17) is 0 Å². The minimum Gasteiger partial charge on any atom is -0.390 e. The maximum Gasteiger partial charge on any atom is 0.0673 e. The van der Waals surface area contributed by atoms with Crippen LogP contribution in [0.5, 0.6) is 0 Å². The van der Waals surface area contributed by atoms with E-state index in [9.17, 15) is 5.11 Å². The van der Waals surface area contributed by atoms with Crippen LogP contribution in [-0.2, 0) is 0 Å². The summed E-state index contributed by atoms with van der Waals surface area (Å²) in [5.74, 6) is 0.535. The third kappa shape index (κ3) is 1.34. The first-order chi connectivity index (χ1) is 4.69. The van der Waals surface area contributed by atoms with Crippen LogP contribution in [0.2, 0.25) is 0 Å². The zero-order valence-corrected chi connectivity index (χ0v) is 7.06. The molecule has 0 amide bonds. The molecule has 0 bridgehead atoms. The van der Waals surface area contributed by atoms with Crippen LogP contribution in [-0.4, -0.2) is 10.7 Å². The lowest BCUT2D eigenvalue weighted by Gasteiger charge is -2.26. The molecular weight excluding hydrogens is 124 g/mol. The lowest BCUT2D eigenvalue weighted by atomic mass is 9.88. The molecule has 0 aromatic rings. The summed E-state index contributed by atoms with van der Waals surface area (Å²) in [5.41, 5.74) is -0.297. The van der Waals surface area contributed by atoms with Gasteiger partial charge < -0.3 is 5.11 Å². The van der Waals surface area contributed by atoms with E-state index >= 15 is 0 Å². The van der Waals surface area contributed by atoms with Crippen LogP contribution >= 0.6 is 0 Å². The summed E-state index contributed by atoms with van der Waals surface area (Å²) in [5, 5.41) is 9.96. The Morgan fingerprint density at radius 1 is 1.60 bits per heavy atom. The third-order valence-electron chi connectivity index (χ3n) is 2.85. The van der Waals surface area contributed by atoms with Gasteiger partial charge in [-0.1, -0.05) is 26.7 Å². The van der Waals surface area contributed by atoms with Gasteiger partial charge in [0, 0.05) is 0 Å². The molecule has 10 heavy (non-hydrogen) atoms. The van der Waals surface area contributed by atoms with Crippen molar-refractivity contribution in [3.63, 3.8) is 0 Å². The zero-order valence-electron chi connectivity index (χ0n) is 7.06. The predicted molar refractivity (Wildman–Crippen MR) is 42.9 cm³/mol. The van der Waals surface area contributed by atoms with Crippen LogP contribution in [0.15, 0.2) is 0 Å². The van der Waals surface area contributed by atoms with E-state index in [0.717, 1.165) is 19.3 Å². The highest BCUT2D eigenvalue weighted by molar-refractivity contribution is 4.89. The van der Waals surface area contributed by atoms with Gasteiger partial charge >= 0.3 is 0 Å². The SMILES string of the molecule is CCC[C@@]1(O)CCC[C@H]1C. The van der Waals surface area contributed by atoms with E-state index in [0.29, 0.717) is 5.92 Å². The first-order valence-electron chi connectivity index (χ1n) is 4.41. The molecular formula is C9H18O. The van der Waals surface area contributed by atoms with Gasteiger partial charge in [-0.15, -0.1) is 0 Å². The van der Waals surface area contributed by atoms with E-state index in [-0.39, 0.29) is 5.60 Å². The highest BCUT2D eigenvalue weighted by atomic mass is 16.3. The molecule has 1 aliphatic rings. The summed E-state index contributed by atoms with van der Waals surface area (Å²) >= 11 is 0. The van der Waals surface area contributed by atoms with Crippen molar-refractivity contribution in [3.05, 3.63) is 0 Å². The van der Waals surface area contributed by atoms with Gasteiger partial charge in [-0.05, 0) is 25.2 Å². The highest BCUT2D eigenvalue weighted by Gasteiger charge is 2.36. The Bertz CT molecular complexity index is 111. The van der Waals surface area contributed by atoms with E-state index in [1.165, 1.54) is 12.8 Å². The third-order valence-corrected chi connectivity index (χ3v) is 2.85. The van der Waals surface area contributed by atoms with Gasteiger partial charge in [-0.25, -0.2) is 0 Å². The molecule has 60 valence electrons. The molecule has 0 heterocycles. The first kappa shape index (κ1) is 8.06. The highest BCUT2D eigenvalue weighted by Crippen LogP contribution is 2.38. The zero-order chi connectivity index (χ0) is 7.61. The summed E-state index contributed by atoms with van der Waals surface area (Å²) < 4.78 is 0. The Morgan fingerprint density at radius 3 is 2.70 bits per heavy atom. The molecule has 0 saturated heterocycles. The van der Waals surface area contributed by atoms with Gasteiger partial charge in [0.15, 0.2) is 0 Å². The molecule has 1 fully saturated rings. The number of hydrogen-bond acceptors (Lipinski definition) is 1. The second kappa shape index (κ2) is 2.91. The summed E-state index contributed by atoms with van der Waals surface area (Å²) in [4.78, 5) is 0. The monoisotopic (exact) mass is 142 g/mol. The molecule has 0 aliphatic heterocycles. The average Bonchev–Trinajstić information content (AvgIpc) is 2.15. The quantitative estimate of drug-likeness (QED) is 0.627. The van der Waals surface area contributed by atoms with Gasteiger partial charge in [0.05, 0.1) is 5.60 Å². The van der Waals surface area contributed by atoms with Crippen LogP contribution in [0.25, 0.3) is 0 Å². The Balaban J connectivity index is 2.48. The second-order valence-electron chi connectivity index (χ2n) is 3.65. The fourth-order valence-corrected chi connectivity index (χ4v) is 2.03. The summed E-state index contributed by atoms with van der Waals surface area (Å²) in [6.07, 6.45) is 5.57. The largest absolute Gasteiger partial charge is 0.390 e. The van der Waals surface area contributed by atoms with Crippen LogP contribution < -0.4 is 0 Å². The summed E-state index contributed by atoms with van der Waals surface area (Å²) in [6.45, 7) is 4.31. The molecule has 1 heteroatoms. The summed E-state index contributed by atoms with van der Waals surface area (Å²) in [7, 11) is 0. The molecule has 2 atom stereocenters. The molecule has 1 aliphatic carbocycles. The Hall–Kier alpha value is -0.0400. The van der Waals surface area contributed by atoms with Crippen molar-refractivity contribution < 1.29 is 5.11 Å². The molecule has 0 aromatic heterocycles. The fourth-order valence-electron chi connectivity index (χ4n) is 2.03. The van der Waals surface area contributed by atoms with Crippen molar-refractivity contribution in [2.24, 2.45) is 5.92 Å². The molecule has 0 radical (unpaired) electrons. The average molecular weight is 142 g/mol. The number of aliphatic hydroxyl groups is 1. The van der Waals surface area contributed by atoms with Crippen LogP contribution in [0, 0.1) is 5.92 Å².